The van der Waals surface area contributed by atoms with Crippen LogP contribution >= 0.6 is 11.8 Å². The van der Waals surface area contributed by atoms with Gasteiger partial charge in [0.15, 0.2) is 0 Å². The zero-order chi connectivity index (χ0) is 12.1. The number of amides is 2. The highest BCUT2D eigenvalue weighted by atomic mass is 32.2. The summed E-state index contributed by atoms with van der Waals surface area (Å²) in [6.45, 7) is 2.77. The number of carbonyl (C=O) groups excluding carboxylic acids is 1. The maximum absolute atomic E-state index is 11.7. The number of rotatable bonds is 3. The first-order chi connectivity index (χ1) is 8.25. The molecular formula is C13H18N2OS. The molecule has 92 valence electrons. The van der Waals surface area contributed by atoms with E-state index in [1.165, 1.54) is 0 Å². The van der Waals surface area contributed by atoms with E-state index in [1.807, 2.05) is 42.1 Å². The zero-order valence-corrected chi connectivity index (χ0v) is 10.8. The molecule has 3 nitrogen and oxygen atoms in total. The molecule has 2 N–H and O–H groups in total. The molecule has 1 heterocycles. The minimum Gasteiger partial charge on any atom is -0.334 e. The fraction of sp³-hybridized carbons (Fsp3) is 0.462. The fourth-order valence-electron chi connectivity index (χ4n) is 1.84. The summed E-state index contributed by atoms with van der Waals surface area (Å²) in [5, 5.41) is 5.92. The summed E-state index contributed by atoms with van der Waals surface area (Å²) in [5.41, 5.74) is 1.12. The number of nitrogens with one attached hydrogen (secondary N) is 2. The molecule has 1 aromatic carbocycles. The van der Waals surface area contributed by atoms with Crippen molar-refractivity contribution in [2.75, 3.05) is 11.5 Å². The molecule has 2 amide bonds. The third-order valence-corrected chi connectivity index (χ3v) is 4.33. The molecule has 1 aliphatic heterocycles. The van der Waals surface area contributed by atoms with Crippen molar-refractivity contribution < 1.29 is 4.79 Å². The predicted octanol–water partition coefficient (Wildman–Crippen LogP) is 2.24. The quantitative estimate of drug-likeness (QED) is 0.864. The summed E-state index contributed by atoms with van der Waals surface area (Å²) in [7, 11) is 0. The molecule has 17 heavy (non-hydrogen) atoms. The van der Waals surface area contributed by atoms with Crippen molar-refractivity contribution in [3.05, 3.63) is 35.9 Å². The van der Waals surface area contributed by atoms with Crippen molar-refractivity contribution in [3.8, 4) is 0 Å². The first-order valence-electron chi connectivity index (χ1n) is 5.92. The molecular weight excluding hydrogens is 232 g/mol. The Balaban J connectivity index is 1.74. The van der Waals surface area contributed by atoms with E-state index in [9.17, 15) is 4.79 Å². The average molecular weight is 250 g/mol. The van der Waals surface area contributed by atoms with Crippen LogP contribution in [-0.4, -0.2) is 23.6 Å². The van der Waals surface area contributed by atoms with Crippen LogP contribution in [0.25, 0.3) is 0 Å². The van der Waals surface area contributed by atoms with E-state index in [4.69, 9.17) is 0 Å². The largest absolute Gasteiger partial charge is 0.334 e. The number of carbonyl (C=O) groups is 1. The topological polar surface area (TPSA) is 41.1 Å². The highest BCUT2D eigenvalue weighted by molar-refractivity contribution is 7.99. The highest BCUT2D eigenvalue weighted by Gasteiger charge is 2.24. The normalized spacial score (nSPS) is 23.4. The lowest BCUT2D eigenvalue weighted by molar-refractivity contribution is 0.235. The number of benzene rings is 1. The van der Waals surface area contributed by atoms with Crippen LogP contribution in [0.5, 0.6) is 0 Å². The van der Waals surface area contributed by atoms with Gasteiger partial charge in [0.25, 0.3) is 0 Å². The van der Waals surface area contributed by atoms with Gasteiger partial charge in [-0.3, -0.25) is 0 Å². The van der Waals surface area contributed by atoms with Crippen molar-refractivity contribution in [2.24, 2.45) is 5.92 Å². The van der Waals surface area contributed by atoms with Crippen molar-refractivity contribution in [1.29, 1.82) is 0 Å². The van der Waals surface area contributed by atoms with Gasteiger partial charge in [-0.25, -0.2) is 4.79 Å². The molecule has 1 saturated heterocycles. The minimum absolute atomic E-state index is 0.0618. The molecule has 2 unspecified atom stereocenters. The van der Waals surface area contributed by atoms with Gasteiger partial charge in [0.2, 0.25) is 0 Å². The van der Waals surface area contributed by atoms with Gasteiger partial charge in [-0.05, 0) is 17.2 Å². The van der Waals surface area contributed by atoms with E-state index < -0.39 is 0 Å². The van der Waals surface area contributed by atoms with Crippen molar-refractivity contribution in [1.82, 2.24) is 10.6 Å². The van der Waals surface area contributed by atoms with Gasteiger partial charge >= 0.3 is 6.03 Å². The molecule has 0 bridgehead atoms. The average Bonchev–Trinajstić information content (AvgIpc) is 2.74. The van der Waals surface area contributed by atoms with E-state index in [1.54, 1.807) is 0 Å². The van der Waals surface area contributed by atoms with E-state index >= 15 is 0 Å². The lowest BCUT2D eigenvalue weighted by atomic mass is 10.1. The van der Waals surface area contributed by atoms with Gasteiger partial charge in [0.1, 0.15) is 0 Å². The highest BCUT2D eigenvalue weighted by Crippen LogP contribution is 2.23. The van der Waals surface area contributed by atoms with Crippen LogP contribution < -0.4 is 10.6 Å². The monoisotopic (exact) mass is 250 g/mol. The van der Waals surface area contributed by atoms with Crippen LogP contribution in [0.15, 0.2) is 30.3 Å². The third-order valence-electron chi connectivity index (χ3n) is 2.98. The Labute approximate surface area is 106 Å². The van der Waals surface area contributed by atoms with E-state index in [0.29, 0.717) is 18.5 Å². The van der Waals surface area contributed by atoms with E-state index in [2.05, 4.69) is 17.6 Å². The Bertz CT molecular complexity index is 369. The first-order valence-corrected chi connectivity index (χ1v) is 7.07. The maximum atomic E-state index is 11.7. The number of urea groups is 1. The van der Waals surface area contributed by atoms with Crippen LogP contribution in [0.4, 0.5) is 4.79 Å². The Kier molecular flexibility index (Phi) is 4.31. The summed E-state index contributed by atoms with van der Waals surface area (Å²) in [4.78, 5) is 11.7. The minimum atomic E-state index is -0.0618. The van der Waals surface area contributed by atoms with Gasteiger partial charge in [0, 0.05) is 18.3 Å². The summed E-state index contributed by atoms with van der Waals surface area (Å²) >= 11 is 1.90. The third kappa shape index (κ3) is 3.66. The van der Waals surface area contributed by atoms with Crippen molar-refractivity contribution in [3.63, 3.8) is 0 Å². The summed E-state index contributed by atoms with van der Waals surface area (Å²) < 4.78 is 0. The van der Waals surface area contributed by atoms with Crippen molar-refractivity contribution >= 4 is 17.8 Å². The van der Waals surface area contributed by atoms with Crippen LogP contribution in [0.3, 0.4) is 0 Å². The van der Waals surface area contributed by atoms with Gasteiger partial charge in [0.05, 0.1) is 0 Å². The molecule has 0 aromatic heterocycles. The molecule has 1 aliphatic rings. The summed E-state index contributed by atoms with van der Waals surface area (Å²) in [6.07, 6.45) is 0. The molecule has 0 saturated carbocycles. The predicted molar refractivity (Wildman–Crippen MR) is 72.1 cm³/mol. The lowest BCUT2D eigenvalue weighted by Crippen LogP contribution is -2.44. The lowest BCUT2D eigenvalue weighted by Gasteiger charge is -2.16. The SMILES string of the molecule is CC1CSCC1NC(=O)NCc1ccccc1. The van der Waals surface area contributed by atoms with E-state index in [0.717, 1.165) is 17.1 Å². The molecule has 0 spiro atoms. The van der Waals surface area contributed by atoms with Gasteiger partial charge < -0.3 is 10.6 Å². The number of hydrogen-bond acceptors (Lipinski definition) is 2. The van der Waals surface area contributed by atoms with Crippen LogP contribution in [0.2, 0.25) is 0 Å². The van der Waals surface area contributed by atoms with Crippen molar-refractivity contribution in [2.45, 2.75) is 19.5 Å². The molecule has 1 aromatic rings. The second-order valence-corrected chi connectivity index (χ2v) is 5.51. The van der Waals surface area contributed by atoms with Gasteiger partial charge in [-0.15, -0.1) is 0 Å². The second kappa shape index (κ2) is 5.96. The fourth-order valence-corrected chi connectivity index (χ4v) is 3.25. The van der Waals surface area contributed by atoms with Crippen LogP contribution in [0, 0.1) is 5.92 Å². The van der Waals surface area contributed by atoms with Crippen LogP contribution in [0.1, 0.15) is 12.5 Å². The second-order valence-electron chi connectivity index (χ2n) is 4.43. The van der Waals surface area contributed by atoms with E-state index in [-0.39, 0.29) is 6.03 Å². The standard InChI is InChI=1S/C13H18N2OS/c1-10-8-17-9-12(10)15-13(16)14-7-11-5-3-2-4-6-11/h2-6,10,12H,7-9H2,1H3,(H2,14,15,16). The molecule has 2 atom stereocenters. The Morgan fingerprint density at radius 1 is 1.35 bits per heavy atom. The Morgan fingerprint density at radius 3 is 2.76 bits per heavy atom. The molecule has 4 heteroatoms. The number of hydrogen-bond donors (Lipinski definition) is 2. The molecule has 1 fully saturated rings. The molecule has 0 radical (unpaired) electrons. The Hall–Kier alpha value is -1.16. The van der Waals surface area contributed by atoms with Gasteiger partial charge in [-0.2, -0.15) is 11.8 Å². The molecule has 0 aliphatic carbocycles. The summed E-state index contributed by atoms with van der Waals surface area (Å²) in [5.74, 6) is 2.74. The van der Waals surface area contributed by atoms with Gasteiger partial charge in [-0.1, -0.05) is 37.3 Å². The first kappa shape index (κ1) is 12.3. The smallest absolute Gasteiger partial charge is 0.315 e. The zero-order valence-electron chi connectivity index (χ0n) is 9.98. The maximum Gasteiger partial charge on any atom is 0.315 e. The molecule has 2 rings (SSSR count). The Morgan fingerprint density at radius 2 is 2.12 bits per heavy atom. The van der Waals surface area contributed by atoms with Crippen LogP contribution in [-0.2, 0) is 6.54 Å². The summed E-state index contributed by atoms with van der Waals surface area (Å²) in [6, 6.07) is 10.2. The number of thioether (sulfide) groups is 1.